The molecule has 1 aliphatic rings. The maximum atomic E-state index is 12.0. The van der Waals surface area contributed by atoms with E-state index in [2.05, 4.69) is 6.07 Å². The number of benzene rings is 1. The molecule has 0 heterocycles. The summed E-state index contributed by atoms with van der Waals surface area (Å²) >= 11 is 1.66. The summed E-state index contributed by atoms with van der Waals surface area (Å²) in [4.78, 5) is 13.1. The molecule has 22 heavy (non-hydrogen) atoms. The molecular formula is C17H27N3OS. The number of carbonyl (C=O) groups is 1. The number of carbonyl (C=O) groups excluding carboxylic acids is 1. The number of nitrogens with two attached hydrogens (primary N) is 2. The average Bonchev–Trinajstić information content (AvgIpc) is 3.04. The molecule has 0 aliphatic heterocycles. The largest absolute Gasteiger partial charge is 0.369 e. The number of nitrogens with zero attached hydrogens (tertiary/aromatic N) is 1. The highest BCUT2D eigenvalue weighted by Crippen LogP contribution is 2.36. The van der Waals surface area contributed by atoms with Gasteiger partial charge in [0, 0.05) is 11.4 Å². The van der Waals surface area contributed by atoms with Crippen LogP contribution in [0.25, 0.3) is 0 Å². The van der Waals surface area contributed by atoms with E-state index in [9.17, 15) is 4.79 Å². The van der Waals surface area contributed by atoms with Gasteiger partial charge in [0.15, 0.2) is 0 Å². The zero-order valence-corrected chi connectivity index (χ0v) is 14.4. The molecule has 0 bridgehead atoms. The first kappa shape index (κ1) is 17.2. The molecular weight excluding hydrogens is 294 g/mol. The van der Waals surface area contributed by atoms with Crippen molar-refractivity contribution in [3.05, 3.63) is 23.8 Å². The Balaban J connectivity index is 2.28. The number of primary amides is 1. The van der Waals surface area contributed by atoms with Crippen LogP contribution in [0.1, 0.15) is 50.5 Å². The summed E-state index contributed by atoms with van der Waals surface area (Å²) in [6, 6.07) is 6.12. The molecule has 4 N–H and O–H groups in total. The van der Waals surface area contributed by atoms with Crippen molar-refractivity contribution in [1.29, 1.82) is 0 Å². The van der Waals surface area contributed by atoms with Crippen LogP contribution in [-0.2, 0) is 4.79 Å². The second-order valence-electron chi connectivity index (χ2n) is 6.06. The molecule has 1 aromatic rings. The maximum absolute atomic E-state index is 12.0. The third-order valence-electron chi connectivity index (χ3n) is 4.64. The molecule has 1 saturated carbocycles. The Hall–Kier alpha value is -1.20. The van der Waals surface area contributed by atoms with Gasteiger partial charge in [0.25, 0.3) is 0 Å². The molecule has 1 aromatic carbocycles. The Morgan fingerprint density at radius 2 is 2.09 bits per heavy atom. The van der Waals surface area contributed by atoms with Gasteiger partial charge in [0.05, 0.1) is 11.6 Å². The normalized spacial score (nSPS) is 16.7. The molecule has 1 aliphatic carbocycles. The maximum Gasteiger partial charge on any atom is 0.224 e. The number of amides is 1. The fourth-order valence-corrected chi connectivity index (χ4v) is 3.90. The fourth-order valence-electron chi connectivity index (χ4n) is 3.31. The van der Waals surface area contributed by atoms with Crippen LogP contribution < -0.4 is 16.6 Å². The van der Waals surface area contributed by atoms with E-state index in [1.54, 1.807) is 16.8 Å². The van der Waals surface area contributed by atoms with Crippen molar-refractivity contribution in [3.63, 3.8) is 0 Å². The van der Waals surface area contributed by atoms with Crippen molar-refractivity contribution in [2.45, 2.75) is 49.8 Å². The number of rotatable bonds is 7. The van der Waals surface area contributed by atoms with E-state index >= 15 is 0 Å². The van der Waals surface area contributed by atoms with Crippen LogP contribution in [0.3, 0.4) is 0 Å². The molecule has 1 amide bonds. The monoisotopic (exact) mass is 321 g/mol. The molecule has 0 saturated heterocycles. The van der Waals surface area contributed by atoms with Gasteiger partial charge < -0.3 is 10.7 Å². The van der Waals surface area contributed by atoms with Crippen molar-refractivity contribution in [3.8, 4) is 0 Å². The summed E-state index contributed by atoms with van der Waals surface area (Å²) in [6.45, 7) is 2.74. The first-order valence-electron chi connectivity index (χ1n) is 8.06. The Morgan fingerprint density at radius 3 is 2.64 bits per heavy atom. The summed E-state index contributed by atoms with van der Waals surface area (Å²) < 4.78 is 0. The van der Waals surface area contributed by atoms with Gasteiger partial charge in [-0.3, -0.25) is 4.79 Å². The third-order valence-corrected chi connectivity index (χ3v) is 5.43. The summed E-state index contributed by atoms with van der Waals surface area (Å²) in [7, 11) is 0. The van der Waals surface area contributed by atoms with E-state index in [-0.39, 0.29) is 11.8 Å². The number of hydrazine groups is 1. The molecule has 4 nitrogen and oxygen atoms in total. The van der Waals surface area contributed by atoms with Crippen LogP contribution in [0.4, 0.5) is 5.69 Å². The van der Waals surface area contributed by atoms with E-state index < -0.39 is 0 Å². The van der Waals surface area contributed by atoms with Gasteiger partial charge in [-0.2, -0.15) is 0 Å². The molecule has 1 atom stereocenters. The van der Waals surface area contributed by atoms with E-state index in [1.807, 2.05) is 25.3 Å². The highest BCUT2D eigenvalue weighted by atomic mass is 32.2. The van der Waals surface area contributed by atoms with Crippen LogP contribution in [0, 0.1) is 5.92 Å². The van der Waals surface area contributed by atoms with Gasteiger partial charge in [-0.05, 0) is 43.2 Å². The first-order chi connectivity index (χ1) is 10.6. The van der Waals surface area contributed by atoms with Crippen molar-refractivity contribution in [2.75, 3.05) is 17.8 Å². The molecule has 5 heteroatoms. The van der Waals surface area contributed by atoms with Crippen LogP contribution in [0.2, 0.25) is 0 Å². The van der Waals surface area contributed by atoms with Crippen molar-refractivity contribution in [2.24, 2.45) is 17.5 Å². The van der Waals surface area contributed by atoms with Gasteiger partial charge >= 0.3 is 0 Å². The Bertz CT molecular complexity index is 515. The van der Waals surface area contributed by atoms with Gasteiger partial charge in [0.1, 0.15) is 0 Å². The van der Waals surface area contributed by atoms with Crippen molar-refractivity contribution in [1.82, 2.24) is 0 Å². The highest BCUT2D eigenvalue weighted by Gasteiger charge is 2.25. The molecule has 0 aromatic heterocycles. The van der Waals surface area contributed by atoms with Crippen LogP contribution in [-0.4, -0.2) is 18.7 Å². The summed E-state index contributed by atoms with van der Waals surface area (Å²) in [5.74, 6) is 6.28. The number of thioether (sulfide) groups is 1. The zero-order chi connectivity index (χ0) is 16.1. The van der Waals surface area contributed by atoms with E-state index in [1.165, 1.54) is 25.7 Å². The van der Waals surface area contributed by atoms with Crippen molar-refractivity contribution < 1.29 is 4.79 Å². The summed E-state index contributed by atoms with van der Waals surface area (Å²) in [5, 5.41) is 1.73. The fraction of sp³-hybridized carbons (Fsp3) is 0.588. The standard InChI is InChI=1S/C17H27N3OS/c1-3-20(19)15-11-13(8-9-16(15)22-2)14(17(18)21)10-12-6-4-5-7-12/h8-9,11-12,14H,3-7,10,19H2,1-2H3,(H2,18,21). The lowest BCUT2D eigenvalue weighted by molar-refractivity contribution is -0.119. The minimum atomic E-state index is -0.227. The second kappa shape index (κ2) is 7.88. The van der Waals surface area contributed by atoms with E-state index in [0.29, 0.717) is 5.92 Å². The molecule has 1 unspecified atom stereocenters. The van der Waals surface area contributed by atoms with E-state index in [4.69, 9.17) is 11.6 Å². The Kier molecular flexibility index (Phi) is 6.15. The van der Waals surface area contributed by atoms with Gasteiger partial charge in [-0.1, -0.05) is 31.7 Å². The molecule has 0 spiro atoms. The minimum Gasteiger partial charge on any atom is -0.369 e. The second-order valence-corrected chi connectivity index (χ2v) is 6.91. The Morgan fingerprint density at radius 1 is 1.41 bits per heavy atom. The van der Waals surface area contributed by atoms with Crippen LogP contribution >= 0.6 is 11.8 Å². The number of anilines is 1. The van der Waals surface area contributed by atoms with Gasteiger partial charge in [-0.15, -0.1) is 11.8 Å². The highest BCUT2D eigenvalue weighted by molar-refractivity contribution is 7.98. The summed E-state index contributed by atoms with van der Waals surface area (Å²) in [5.41, 5.74) is 7.66. The quantitative estimate of drug-likeness (QED) is 0.459. The smallest absolute Gasteiger partial charge is 0.224 e. The predicted molar refractivity (Wildman–Crippen MR) is 93.9 cm³/mol. The lowest BCUT2D eigenvalue weighted by atomic mass is 9.87. The van der Waals surface area contributed by atoms with E-state index in [0.717, 1.165) is 29.1 Å². The van der Waals surface area contributed by atoms with Gasteiger partial charge in [0.2, 0.25) is 5.91 Å². The molecule has 2 rings (SSSR count). The van der Waals surface area contributed by atoms with Crippen LogP contribution in [0.5, 0.6) is 0 Å². The lowest BCUT2D eigenvalue weighted by Crippen LogP contribution is -2.31. The van der Waals surface area contributed by atoms with Crippen LogP contribution in [0.15, 0.2) is 23.1 Å². The summed E-state index contributed by atoms with van der Waals surface area (Å²) in [6.07, 6.45) is 7.89. The minimum absolute atomic E-state index is 0.206. The number of hydrogen-bond donors (Lipinski definition) is 2. The van der Waals surface area contributed by atoms with Crippen molar-refractivity contribution >= 4 is 23.4 Å². The molecule has 1 fully saturated rings. The average molecular weight is 321 g/mol. The Labute approximate surface area is 137 Å². The number of hydrogen-bond acceptors (Lipinski definition) is 4. The third kappa shape index (κ3) is 3.96. The lowest BCUT2D eigenvalue weighted by Gasteiger charge is -2.23. The predicted octanol–water partition coefficient (Wildman–Crippen LogP) is 3.26. The zero-order valence-electron chi connectivity index (χ0n) is 13.5. The molecule has 122 valence electrons. The SMILES string of the molecule is CCN(N)c1cc(C(CC2CCCC2)C(N)=O)ccc1SC. The topological polar surface area (TPSA) is 72.3 Å². The molecule has 0 radical (unpaired) electrons. The van der Waals surface area contributed by atoms with Gasteiger partial charge in [-0.25, -0.2) is 5.84 Å². The first-order valence-corrected chi connectivity index (χ1v) is 9.28.